The Hall–Kier alpha value is -2.76. The Bertz CT molecular complexity index is 1170. The van der Waals surface area contributed by atoms with E-state index in [0.29, 0.717) is 50.5 Å². The number of carbonyl (C=O) groups is 1. The van der Waals surface area contributed by atoms with E-state index in [2.05, 4.69) is 5.32 Å². The minimum absolute atomic E-state index is 0.0259. The lowest BCUT2D eigenvalue weighted by Gasteiger charge is -2.31. The summed E-state index contributed by atoms with van der Waals surface area (Å²) in [4.78, 5) is 14.5. The van der Waals surface area contributed by atoms with Crippen molar-refractivity contribution in [3.8, 4) is 5.75 Å². The van der Waals surface area contributed by atoms with E-state index in [1.165, 1.54) is 28.6 Å². The van der Waals surface area contributed by atoms with Gasteiger partial charge in [-0.3, -0.25) is 4.79 Å². The fourth-order valence-electron chi connectivity index (χ4n) is 4.24. The summed E-state index contributed by atoms with van der Waals surface area (Å²) in [7, 11) is -3.78. The third-order valence-electron chi connectivity index (χ3n) is 5.76. The lowest BCUT2D eigenvalue weighted by Crippen LogP contribution is -2.40. The molecule has 2 aromatic rings. The van der Waals surface area contributed by atoms with Crippen LogP contribution in [0.1, 0.15) is 18.9 Å². The summed E-state index contributed by atoms with van der Waals surface area (Å²) in [5.74, 6) is -1.51. The summed E-state index contributed by atoms with van der Waals surface area (Å²) in [6, 6.07) is 6.41. The van der Waals surface area contributed by atoms with E-state index >= 15 is 0 Å². The fourth-order valence-corrected chi connectivity index (χ4v) is 5.68. The molecule has 2 aliphatic heterocycles. The Balaban J connectivity index is 1.56. The number of hydrogen-bond acceptors (Lipinski definition) is 6. The molecule has 2 heterocycles. The van der Waals surface area contributed by atoms with Crippen molar-refractivity contribution < 1.29 is 31.5 Å². The van der Waals surface area contributed by atoms with Crippen molar-refractivity contribution in [2.45, 2.75) is 24.7 Å². The molecule has 34 heavy (non-hydrogen) atoms. The molecule has 184 valence electrons. The van der Waals surface area contributed by atoms with E-state index in [-0.39, 0.29) is 35.9 Å². The molecule has 0 saturated carbocycles. The number of nitrogens with one attached hydrogen (secondary N) is 1. The van der Waals surface area contributed by atoms with Crippen LogP contribution in [0.25, 0.3) is 0 Å². The van der Waals surface area contributed by atoms with Crippen LogP contribution in [0, 0.1) is 11.6 Å². The Morgan fingerprint density at radius 3 is 2.65 bits per heavy atom. The second kappa shape index (κ2) is 10.2. The van der Waals surface area contributed by atoms with E-state index in [1.807, 2.05) is 0 Å². The Morgan fingerprint density at radius 1 is 1.15 bits per heavy atom. The van der Waals surface area contributed by atoms with Gasteiger partial charge in [0.1, 0.15) is 17.4 Å². The standard InChI is InChI=1S/C23H27F2N3O5S/c1-2-33-21-6-5-18(34(30,31)28-8-10-32-11-9-28)14-20(21)26-22(29)15-27-7-3-4-16-12-17(24)13-19(25)23(16)27/h5-6,12-14H,2-4,7-11,15H2,1H3,(H,26,29). The van der Waals surface area contributed by atoms with Gasteiger partial charge in [0.05, 0.1) is 42.6 Å². The molecule has 11 heteroatoms. The number of hydrogen-bond donors (Lipinski definition) is 1. The third kappa shape index (κ3) is 5.16. The van der Waals surface area contributed by atoms with Crippen LogP contribution >= 0.6 is 0 Å². The summed E-state index contributed by atoms with van der Waals surface area (Å²) in [5, 5.41) is 2.71. The van der Waals surface area contributed by atoms with Gasteiger partial charge in [-0.2, -0.15) is 4.31 Å². The van der Waals surface area contributed by atoms with Gasteiger partial charge in [0.25, 0.3) is 0 Å². The molecule has 4 rings (SSSR count). The smallest absolute Gasteiger partial charge is 0.243 e. The lowest BCUT2D eigenvalue weighted by atomic mass is 10.0. The highest BCUT2D eigenvalue weighted by atomic mass is 32.2. The van der Waals surface area contributed by atoms with E-state index in [0.717, 1.165) is 6.07 Å². The highest BCUT2D eigenvalue weighted by Gasteiger charge is 2.28. The number of anilines is 2. The number of ether oxygens (including phenoxy) is 2. The maximum absolute atomic E-state index is 14.5. The summed E-state index contributed by atoms with van der Waals surface area (Å²) in [6.45, 7) is 3.48. The zero-order valence-corrected chi connectivity index (χ0v) is 19.7. The van der Waals surface area contributed by atoms with Crippen LogP contribution in [-0.2, 0) is 26.0 Å². The molecule has 0 aliphatic carbocycles. The zero-order valence-electron chi connectivity index (χ0n) is 18.9. The SMILES string of the molecule is CCOc1ccc(S(=O)(=O)N2CCOCC2)cc1NC(=O)CN1CCCc2cc(F)cc(F)c21. The van der Waals surface area contributed by atoms with Gasteiger partial charge in [-0.05, 0) is 49.6 Å². The van der Waals surface area contributed by atoms with Crippen LogP contribution in [0.4, 0.5) is 20.2 Å². The Morgan fingerprint density at radius 2 is 1.91 bits per heavy atom. The first-order valence-electron chi connectivity index (χ1n) is 11.2. The van der Waals surface area contributed by atoms with Crippen LogP contribution in [0.15, 0.2) is 35.2 Å². The topological polar surface area (TPSA) is 88.2 Å². The zero-order chi connectivity index (χ0) is 24.3. The molecule has 1 amide bonds. The molecule has 2 aromatic carbocycles. The fraction of sp³-hybridized carbons (Fsp3) is 0.435. The molecule has 1 N–H and O–H groups in total. The largest absolute Gasteiger partial charge is 0.492 e. The molecule has 0 unspecified atom stereocenters. The van der Waals surface area contributed by atoms with E-state index in [9.17, 15) is 22.0 Å². The number of benzene rings is 2. The number of sulfonamides is 1. The van der Waals surface area contributed by atoms with Crippen molar-refractivity contribution >= 4 is 27.3 Å². The van der Waals surface area contributed by atoms with Gasteiger partial charge in [0.15, 0.2) is 0 Å². The average Bonchev–Trinajstić information content (AvgIpc) is 2.80. The highest BCUT2D eigenvalue weighted by molar-refractivity contribution is 7.89. The van der Waals surface area contributed by atoms with E-state index < -0.39 is 27.6 Å². The van der Waals surface area contributed by atoms with Crippen molar-refractivity contribution in [1.29, 1.82) is 0 Å². The number of carbonyl (C=O) groups excluding carboxylic acids is 1. The molecular formula is C23H27F2N3O5S. The molecule has 0 aromatic heterocycles. The Labute approximate surface area is 197 Å². The predicted octanol–water partition coefficient (Wildman–Crippen LogP) is 2.78. The molecule has 8 nitrogen and oxygen atoms in total. The van der Waals surface area contributed by atoms with E-state index in [1.54, 1.807) is 11.8 Å². The van der Waals surface area contributed by atoms with Gasteiger partial charge in [-0.1, -0.05) is 0 Å². The van der Waals surface area contributed by atoms with Gasteiger partial charge in [-0.15, -0.1) is 0 Å². The first kappa shape index (κ1) is 24.4. The van der Waals surface area contributed by atoms with E-state index in [4.69, 9.17) is 9.47 Å². The van der Waals surface area contributed by atoms with Gasteiger partial charge in [0.2, 0.25) is 15.9 Å². The van der Waals surface area contributed by atoms with Crippen LogP contribution in [-0.4, -0.2) is 64.6 Å². The number of fused-ring (bicyclic) bond motifs is 1. The summed E-state index contributed by atoms with van der Waals surface area (Å²) < 4.78 is 66.3. The van der Waals surface area contributed by atoms with Crippen LogP contribution in [0.5, 0.6) is 5.75 Å². The number of halogens is 2. The molecule has 1 fully saturated rings. The van der Waals surface area contributed by atoms with Gasteiger partial charge in [-0.25, -0.2) is 17.2 Å². The summed E-state index contributed by atoms with van der Waals surface area (Å²) in [5.41, 5.74) is 0.944. The second-order valence-corrected chi connectivity index (χ2v) is 10.0. The minimum Gasteiger partial charge on any atom is -0.492 e. The van der Waals surface area contributed by atoms with Crippen molar-refractivity contribution in [3.05, 3.63) is 47.5 Å². The lowest BCUT2D eigenvalue weighted by molar-refractivity contribution is -0.115. The van der Waals surface area contributed by atoms with Crippen molar-refractivity contribution in [3.63, 3.8) is 0 Å². The first-order chi connectivity index (χ1) is 16.3. The molecule has 0 atom stereocenters. The average molecular weight is 496 g/mol. The monoisotopic (exact) mass is 495 g/mol. The number of morpholine rings is 1. The maximum Gasteiger partial charge on any atom is 0.243 e. The van der Waals surface area contributed by atoms with Crippen LogP contribution in [0.3, 0.4) is 0 Å². The molecule has 1 saturated heterocycles. The van der Waals surface area contributed by atoms with Crippen molar-refractivity contribution in [2.24, 2.45) is 0 Å². The number of amides is 1. The maximum atomic E-state index is 14.5. The minimum atomic E-state index is -3.78. The molecule has 0 bridgehead atoms. The molecule has 0 radical (unpaired) electrons. The van der Waals surface area contributed by atoms with Crippen molar-refractivity contribution in [2.75, 3.05) is 56.2 Å². The summed E-state index contributed by atoms with van der Waals surface area (Å²) >= 11 is 0. The van der Waals surface area contributed by atoms with Crippen LogP contribution in [0.2, 0.25) is 0 Å². The second-order valence-electron chi connectivity index (χ2n) is 8.08. The quantitative estimate of drug-likeness (QED) is 0.636. The van der Waals surface area contributed by atoms with Crippen LogP contribution < -0.4 is 15.0 Å². The number of rotatable bonds is 7. The molecular weight excluding hydrogens is 468 g/mol. The summed E-state index contributed by atoms with van der Waals surface area (Å²) in [6.07, 6.45) is 1.18. The Kier molecular flexibility index (Phi) is 7.34. The van der Waals surface area contributed by atoms with Crippen molar-refractivity contribution in [1.82, 2.24) is 4.31 Å². The first-order valence-corrected chi connectivity index (χ1v) is 12.6. The number of aryl methyl sites for hydroxylation is 1. The molecule has 2 aliphatic rings. The molecule has 0 spiro atoms. The highest BCUT2D eigenvalue weighted by Crippen LogP contribution is 2.32. The van der Waals surface area contributed by atoms with Gasteiger partial charge >= 0.3 is 0 Å². The normalized spacial score (nSPS) is 16.7. The van der Waals surface area contributed by atoms with Gasteiger partial charge < -0.3 is 19.7 Å². The number of nitrogens with zero attached hydrogens (tertiary/aromatic N) is 2. The predicted molar refractivity (Wildman–Crippen MR) is 123 cm³/mol. The van der Waals surface area contributed by atoms with Gasteiger partial charge in [0, 0.05) is 25.7 Å². The third-order valence-corrected chi connectivity index (χ3v) is 7.66.